The summed E-state index contributed by atoms with van der Waals surface area (Å²) < 4.78 is 5.86. The Bertz CT molecular complexity index is 764. The van der Waals surface area contributed by atoms with Gasteiger partial charge in [-0.1, -0.05) is 24.3 Å². The van der Waals surface area contributed by atoms with Crippen LogP contribution in [0.1, 0.15) is 19.3 Å². The predicted molar refractivity (Wildman–Crippen MR) is 121 cm³/mol. The van der Waals surface area contributed by atoms with Crippen LogP contribution in [0.25, 0.3) is 0 Å². The zero-order chi connectivity index (χ0) is 17.8. The summed E-state index contributed by atoms with van der Waals surface area (Å²) in [7, 11) is 0. The Balaban J connectivity index is 0.00000210. The number of likely N-dealkylation sites (tertiary alicyclic amines) is 1. The monoisotopic (exact) mass is 478 g/mol. The molecule has 4 rings (SSSR count). The molecule has 2 aromatic carbocycles. The summed E-state index contributed by atoms with van der Waals surface area (Å²) in [5.41, 5.74) is 6.96. The smallest absolute Gasteiger partial charge is 0.193 e. The Kier molecular flexibility index (Phi) is 6.95. The van der Waals surface area contributed by atoms with Gasteiger partial charge in [0.2, 0.25) is 0 Å². The van der Waals surface area contributed by atoms with Gasteiger partial charge in [-0.15, -0.1) is 24.0 Å². The first kappa shape index (κ1) is 19.9. The van der Waals surface area contributed by atoms with E-state index in [0.29, 0.717) is 11.9 Å². The van der Waals surface area contributed by atoms with Crippen molar-refractivity contribution < 1.29 is 4.74 Å². The minimum Gasteiger partial charge on any atom is -0.457 e. The fraction of sp³-hybridized carbons (Fsp3) is 0.381. The first-order valence-electron chi connectivity index (χ1n) is 9.40. The first-order chi connectivity index (χ1) is 12.8. The van der Waals surface area contributed by atoms with Crippen molar-refractivity contribution >= 4 is 35.6 Å². The predicted octanol–water partition coefficient (Wildman–Crippen LogP) is 4.31. The Morgan fingerprint density at radius 1 is 1.07 bits per heavy atom. The molecule has 0 bridgehead atoms. The van der Waals surface area contributed by atoms with Crippen molar-refractivity contribution in [2.45, 2.75) is 25.3 Å². The van der Waals surface area contributed by atoms with Crippen molar-refractivity contribution in [3.63, 3.8) is 0 Å². The second-order valence-corrected chi connectivity index (χ2v) is 7.17. The summed E-state index contributed by atoms with van der Waals surface area (Å²) in [6.45, 7) is 3.18. The number of anilines is 1. The third-order valence-electron chi connectivity index (χ3n) is 4.99. The van der Waals surface area contributed by atoms with Crippen molar-refractivity contribution in [3.8, 4) is 11.5 Å². The second-order valence-electron chi connectivity index (χ2n) is 7.17. The van der Waals surface area contributed by atoms with Gasteiger partial charge in [0.15, 0.2) is 5.96 Å². The van der Waals surface area contributed by atoms with E-state index in [4.69, 9.17) is 10.5 Å². The van der Waals surface area contributed by atoms with Gasteiger partial charge < -0.3 is 20.7 Å². The number of hydrogen-bond donors (Lipinski definition) is 2. The summed E-state index contributed by atoms with van der Waals surface area (Å²) in [4.78, 5) is 7.15. The van der Waals surface area contributed by atoms with Gasteiger partial charge in [-0.3, -0.25) is 4.99 Å². The molecule has 27 heavy (non-hydrogen) atoms. The van der Waals surface area contributed by atoms with E-state index in [1.165, 1.54) is 32.4 Å². The van der Waals surface area contributed by atoms with Crippen molar-refractivity contribution in [2.75, 3.05) is 25.0 Å². The zero-order valence-electron chi connectivity index (χ0n) is 15.4. The molecular weight excluding hydrogens is 451 g/mol. The van der Waals surface area contributed by atoms with Crippen molar-refractivity contribution in [1.82, 2.24) is 4.90 Å². The third-order valence-corrected chi connectivity index (χ3v) is 4.99. The van der Waals surface area contributed by atoms with Crippen LogP contribution in [-0.2, 0) is 0 Å². The van der Waals surface area contributed by atoms with E-state index < -0.39 is 0 Å². The van der Waals surface area contributed by atoms with Crippen LogP contribution < -0.4 is 15.8 Å². The summed E-state index contributed by atoms with van der Waals surface area (Å²) in [5, 5.41) is 3.17. The van der Waals surface area contributed by atoms with Crippen LogP contribution in [-0.4, -0.2) is 36.5 Å². The number of aliphatic imine (C=N–C) groups is 1. The molecule has 1 unspecified atom stereocenters. The van der Waals surface area contributed by atoms with E-state index in [9.17, 15) is 0 Å². The summed E-state index contributed by atoms with van der Waals surface area (Å²) in [6, 6.07) is 18.4. The standard InChI is InChI=1S/C21H26N4O.HI/c22-21(23-14-16-11-12-25(15-16)18-9-10-18)24-17-5-4-8-20(13-17)26-19-6-2-1-3-7-19;/h1-8,13,16,18H,9-12,14-15H2,(H3,22,23,24);1H. The van der Waals surface area contributed by atoms with Crippen LogP contribution in [0.3, 0.4) is 0 Å². The maximum absolute atomic E-state index is 6.08. The topological polar surface area (TPSA) is 62.9 Å². The molecule has 1 saturated heterocycles. The molecule has 1 aliphatic carbocycles. The lowest BCUT2D eigenvalue weighted by Gasteiger charge is -2.14. The molecule has 144 valence electrons. The molecule has 1 aliphatic heterocycles. The minimum atomic E-state index is 0. The van der Waals surface area contributed by atoms with Crippen LogP contribution in [0.2, 0.25) is 0 Å². The summed E-state index contributed by atoms with van der Waals surface area (Å²) in [5.74, 6) is 2.67. The Morgan fingerprint density at radius 2 is 1.85 bits per heavy atom. The molecule has 1 atom stereocenters. The molecule has 2 aliphatic rings. The van der Waals surface area contributed by atoms with Gasteiger partial charge in [0.1, 0.15) is 11.5 Å². The van der Waals surface area contributed by atoms with Crippen LogP contribution in [0, 0.1) is 5.92 Å². The summed E-state index contributed by atoms with van der Waals surface area (Å²) >= 11 is 0. The highest BCUT2D eigenvalue weighted by molar-refractivity contribution is 14.0. The van der Waals surface area contributed by atoms with Crippen LogP contribution in [0.15, 0.2) is 59.6 Å². The highest BCUT2D eigenvalue weighted by Gasteiger charge is 2.34. The van der Waals surface area contributed by atoms with Crippen LogP contribution >= 0.6 is 24.0 Å². The van der Waals surface area contributed by atoms with Crippen LogP contribution in [0.5, 0.6) is 11.5 Å². The number of rotatable bonds is 6. The normalized spacial score (nSPS) is 20.1. The third kappa shape index (κ3) is 5.84. The fourth-order valence-electron chi connectivity index (χ4n) is 3.46. The molecule has 0 amide bonds. The van der Waals surface area contributed by atoms with E-state index >= 15 is 0 Å². The molecule has 0 aromatic heterocycles. The van der Waals surface area contributed by atoms with Gasteiger partial charge >= 0.3 is 0 Å². The van der Waals surface area contributed by atoms with E-state index in [2.05, 4.69) is 15.2 Å². The van der Waals surface area contributed by atoms with Crippen LogP contribution in [0.4, 0.5) is 5.69 Å². The number of hydrogen-bond acceptors (Lipinski definition) is 3. The van der Waals surface area contributed by atoms with E-state index in [1.807, 2.05) is 54.6 Å². The van der Waals surface area contributed by atoms with Gasteiger partial charge in [0, 0.05) is 30.9 Å². The number of ether oxygens (including phenoxy) is 1. The number of nitrogens with zero attached hydrogens (tertiary/aromatic N) is 2. The maximum Gasteiger partial charge on any atom is 0.193 e. The average molecular weight is 478 g/mol. The number of halogens is 1. The molecule has 2 fully saturated rings. The van der Waals surface area contributed by atoms with E-state index in [0.717, 1.165) is 29.8 Å². The maximum atomic E-state index is 6.08. The number of guanidine groups is 1. The Labute approximate surface area is 178 Å². The summed E-state index contributed by atoms with van der Waals surface area (Å²) in [6.07, 6.45) is 3.98. The van der Waals surface area contributed by atoms with Gasteiger partial charge in [-0.25, -0.2) is 0 Å². The zero-order valence-corrected chi connectivity index (χ0v) is 17.7. The molecule has 6 heteroatoms. The quantitative estimate of drug-likeness (QED) is 0.369. The molecule has 0 radical (unpaired) electrons. The molecular formula is C21H27IN4O. The van der Waals surface area contributed by atoms with E-state index in [-0.39, 0.29) is 24.0 Å². The Morgan fingerprint density at radius 3 is 2.63 bits per heavy atom. The molecule has 5 nitrogen and oxygen atoms in total. The largest absolute Gasteiger partial charge is 0.457 e. The fourth-order valence-corrected chi connectivity index (χ4v) is 3.46. The SMILES string of the molecule is I.NC(=NCC1CCN(C2CC2)C1)Nc1cccc(Oc2ccccc2)c1. The number of para-hydroxylation sites is 1. The lowest BCUT2D eigenvalue weighted by Crippen LogP contribution is -2.25. The number of nitrogens with two attached hydrogens (primary N) is 1. The van der Waals surface area contributed by atoms with Crippen molar-refractivity contribution in [3.05, 3.63) is 54.6 Å². The van der Waals surface area contributed by atoms with Crippen molar-refractivity contribution in [2.24, 2.45) is 16.6 Å². The first-order valence-corrected chi connectivity index (χ1v) is 9.40. The lowest BCUT2D eigenvalue weighted by atomic mass is 10.1. The average Bonchev–Trinajstić information content (AvgIpc) is 3.39. The minimum absolute atomic E-state index is 0. The molecule has 3 N–H and O–H groups in total. The number of benzene rings is 2. The van der Waals surface area contributed by atoms with Crippen molar-refractivity contribution in [1.29, 1.82) is 0 Å². The molecule has 1 heterocycles. The Hall–Kier alpha value is -1.80. The van der Waals surface area contributed by atoms with Gasteiger partial charge in [0.25, 0.3) is 0 Å². The molecule has 0 spiro atoms. The molecule has 2 aromatic rings. The van der Waals surface area contributed by atoms with Gasteiger partial charge in [-0.2, -0.15) is 0 Å². The number of nitrogens with one attached hydrogen (secondary N) is 1. The second kappa shape index (κ2) is 9.41. The lowest BCUT2D eigenvalue weighted by molar-refractivity contribution is 0.315. The highest BCUT2D eigenvalue weighted by atomic mass is 127. The molecule has 1 saturated carbocycles. The van der Waals surface area contributed by atoms with E-state index in [1.54, 1.807) is 0 Å². The highest BCUT2D eigenvalue weighted by Crippen LogP contribution is 2.31. The van der Waals surface area contributed by atoms with Gasteiger partial charge in [0.05, 0.1) is 0 Å². The van der Waals surface area contributed by atoms with Gasteiger partial charge in [-0.05, 0) is 56.0 Å².